The maximum atomic E-state index is 13.3. The number of hydrogen-bond donors (Lipinski definition) is 2. The maximum Gasteiger partial charge on any atom is 0.126 e. The van der Waals surface area contributed by atoms with Crippen LogP contribution >= 0.6 is 11.6 Å². The lowest BCUT2D eigenvalue weighted by Crippen LogP contribution is -2.29. The van der Waals surface area contributed by atoms with E-state index in [-0.39, 0.29) is 11.9 Å². The molecule has 0 aliphatic rings. The first-order chi connectivity index (χ1) is 8.63. The van der Waals surface area contributed by atoms with Crippen molar-refractivity contribution in [2.24, 2.45) is 5.84 Å². The maximum absolute atomic E-state index is 13.3. The average molecular weight is 266 g/mol. The fourth-order valence-electron chi connectivity index (χ4n) is 1.79. The summed E-state index contributed by atoms with van der Waals surface area (Å²) in [4.78, 5) is 4.21. The quantitative estimate of drug-likeness (QED) is 0.663. The molecule has 18 heavy (non-hydrogen) atoms. The molecule has 1 unspecified atom stereocenters. The second kappa shape index (κ2) is 5.44. The number of nitrogens with zero attached hydrogens (tertiary/aromatic N) is 1. The van der Waals surface area contributed by atoms with Crippen LogP contribution in [0, 0.1) is 12.7 Å². The number of hydrogen-bond acceptors (Lipinski definition) is 3. The number of pyridine rings is 1. The van der Waals surface area contributed by atoms with Gasteiger partial charge in [0, 0.05) is 6.20 Å². The summed E-state index contributed by atoms with van der Waals surface area (Å²) < 4.78 is 13.3. The van der Waals surface area contributed by atoms with Crippen LogP contribution in [0.15, 0.2) is 36.5 Å². The summed E-state index contributed by atoms with van der Waals surface area (Å²) in [6, 6.07) is 7.92. The predicted octanol–water partition coefficient (Wildman–Crippen LogP) is 2.74. The SMILES string of the molecule is Cc1cc(C(NN)c2ncccc2Cl)ccc1F. The van der Waals surface area contributed by atoms with Crippen molar-refractivity contribution in [1.29, 1.82) is 0 Å². The minimum atomic E-state index is -0.363. The summed E-state index contributed by atoms with van der Waals surface area (Å²) in [5.41, 5.74) is 4.64. The molecule has 0 saturated heterocycles. The molecule has 1 heterocycles. The Bertz CT molecular complexity index is 560. The van der Waals surface area contributed by atoms with E-state index in [1.807, 2.05) is 0 Å². The summed E-state index contributed by atoms with van der Waals surface area (Å²) in [7, 11) is 0. The molecule has 0 aliphatic carbocycles. The largest absolute Gasteiger partial charge is 0.271 e. The Balaban J connectivity index is 2.45. The summed E-state index contributed by atoms with van der Waals surface area (Å²) in [5, 5.41) is 0.516. The van der Waals surface area contributed by atoms with Crippen LogP contribution in [0.25, 0.3) is 0 Å². The Kier molecular flexibility index (Phi) is 3.91. The summed E-state index contributed by atoms with van der Waals surface area (Å²) in [6.07, 6.45) is 1.64. The van der Waals surface area contributed by atoms with Crippen molar-refractivity contribution in [2.75, 3.05) is 0 Å². The van der Waals surface area contributed by atoms with Crippen LogP contribution in [0.2, 0.25) is 5.02 Å². The Morgan fingerprint density at radius 2 is 2.17 bits per heavy atom. The standard InChI is InChI=1S/C13H13ClFN3/c1-8-7-9(4-5-11(8)15)12(18-16)13-10(14)3-2-6-17-13/h2-7,12,18H,16H2,1H3. The molecule has 0 saturated carbocycles. The molecule has 0 aliphatic heterocycles. The van der Waals surface area contributed by atoms with Gasteiger partial charge in [0.2, 0.25) is 0 Å². The second-order valence-electron chi connectivity index (χ2n) is 3.98. The van der Waals surface area contributed by atoms with Gasteiger partial charge in [0.1, 0.15) is 5.82 Å². The normalized spacial score (nSPS) is 12.4. The van der Waals surface area contributed by atoms with Crippen molar-refractivity contribution in [1.82, 2.24) is 10.4 Å². The number of aryl methyl sites for hydroxylation is 1. The Hall–Kier alpha value is -1.49. The highest BCUT2D eigenvalue weighted by molar-refractivity contribution is 6.31. The first-order valence-corrected chi connectivity index (χ1v) is 5.84. The van der Waals surface area contributed by atoms with Crippen molar-refractivity contribution in [3.8, 4) is 0 Å². The second-order valence-corrected chi connectivity index (χ2v) is 4.39. The minimum absolute atomic E-state index is 0.248. The molecule has 3 nitrogen and oxygen atoms in total. The van der Waals surface area contributed by atoms with E-state index >= 15 is 0 Å². The highest BCUT2D eigenvalue weighted by atomic mass is 35.5. The van der Waals surface area contributed by atoms with Gasteiger partial charge < -0.3 is 0 Å². The van der Waals surface area contributed by atoms with Crippen molar-refractivity contribution >= 4 is 11.6 Å². The van der Waals surface area contributed by atoms with Crippen molar-refractivity contribution in [3.05, 3.63) is 64.2 Å². The van der Waals surface area contributed by atoms with Gasteiger partial charge in [0.25, 0.3) is 0 Å². The predicted molar refractivity (Wildman–Crippen MR) is 69.6 cm³/mol. The molecule has 94 valence electrons. The lowest BCUT2D eigenvalue weighted by atomic mass is 10.0. The number of rotatable bonds is 3. The molecule has 5 heteroatoms. The van der Waals surface area contributed by atoms with E-state index < -0.39 is 0 Å². The summed E-state index contributed by atoms with van der Waals surface area (Å²) in [5.74, 6) is 5.30. The zero-order chi connectivity index (χ0) is 13.1. The Labute approximate surface area is 110 Å². The van der Waals surface area contributed by atoms with Gasteiger partial charge in [-0.3, -0.25) is 10.8 Å². The van der Waals surface area contributed by atoms with Gasteiger partial charge in [-0.25, -0.2) is 9.82 Å². The molecular formula is C13H13ClFN3. The first-order valence-electron chi connectivity index (χ1n) is 5.46. The molecule has 0 amide bonds. The third-order valence-electron chi connectivity index (χ3n) is 2.74. The molecule has 2 rings (SSSR count). The monoisotopic (exact) mass is 265 g/mol. The van der Waals surface area contributed by atoms with Crippen molar-refractivity contribution < 1.29 is 4.39 Å². The van der Waals surface area contributed by atoms with E-state index in [9.17, 15) is 4.39 Å². The van der Waals surface area contributed by atoms with E-state index in [2.05, 4.69) is 10.4 Å². The lowest BCUT2D eigenvalue weighted by molar-refractivity contribution is 0.602. The molecule has 1 atom stereocenters. The number of aromatic nitrogens is 1. The number of benzene rings is 1. The topological polar surface area (TPSA) is 50.9 Å². The Morgan fingerprint density at radius 1 is 1.39 bits per heavy atom. The van der Waals surface area contributed by atoms with Crippen molar-refractivity contribution in [2.45, 2.75) is 13.0 Å². The van der Waals surface area contributed by atoms with Crippen LogP contribution in [0.5, 0.6) is 0 Å². The first kappa shape index (κ1) is 13.0. The van der Waals surface area contributed by atoms with Gasteiger partial charge in [0.15, 0.2) is 0 Å². The Morgan fingerprint density at radius 3 is 2.78 bits per heavy atom. The van der Waals surface area contributed by atoms with E-state index in [0.717, 1.165) is 5.56 Å². The van der Waals surface area contributed by atoms with Gasteiger partial charge in [-0.05, 0) is 36.2 Å². The number of hydrazine groups is 1. The third-order valence-corrected chi connectivity index (χ3v) is 3.06. The summed E-state index contributed by atoms with van der Waals surface area (Å²) >= 11 is 6.09. The van der Waals surface area contributed by atoms with Gasteiger partial charge in [-0.2, -0.15) is 0 Å². The van der Waals surface area contributed by atoms with Crippen LogP contribution in [0.4, 0.5) is 4.39 Å². The third kappa shape index (κ3) is 2.51. The van der Waals surface area contributed by atoms with E-state index in [1.165, 1.54) is 6.07 Å². The van der Waals surface area contributed by atoms with Crippen LogP contribution in [-0.2, 0) is 0 Å². The van der Waals surface area contributed by atoms with E-state index in [0.29, 0.717) is 16.3 Å². The van der Waals surface area contributed by atoms with Gasteiger partial charge in [-0.15, -0.1) is 0 Å². The molecule has 0 radical (unpaired) electrons. The van der Waals surface area contributed by atoms with Crippen LogP contribution in [-0.4, -0.2) is 4.98 Å². The smallest absolute Gasteiger partial charge is 0.126 e. The highest BCUT2D eigenvalue weighted by Crippen LogP contribution is 2.26. The molecule has 0 bridgehead atoms. The minimum Gasteiger partial charge on any atom is -0.271 e. The van der Waals surface area contributed by atoms with Crippen molar-refractivity contribution in [3.63, 3.8) is 0 Å². The lowest BCUT2D eigenvalue weighted by Gasteiger charge is -2.17. The molecular weight excluding hydrogens is 253 g/mol. The van der Waals surface area contributed by atoms with E-state index in [1.54, 1.807) is 37.4 Å². The highest BCUT2D eigenvalue weighted by Gasteiger charge is 2.17. The molecule has 0 fully saturated rings. The van der Waals surface area contributed by atoms with Crippen LogP contribution < -0.4 is 11.3 Å². The number of nitrogens with one attached hydrogen (secondary N) is 1. The fraction of sp³-hybridized carbons (Fsp3) is 0.154. The van der Waals surface area contributed by atoms with Crippen LogP contribution in [0.3, 0.4) is 0 Å². The van der Waals surface area contributed by atoms with Crippen LogP contribution in [0.1, 0.15) is 22.9 Å². The van der Waals surface area contributed by atoms with Gasteiger partial charge in [0.05, 0.1) is 16.8 Å². The van der Waals surface area contributed by atoms with E-state index in [4.69, 9.17) is 17.4 Å². The fourth-order valence-corrected chi connectivity index (χ4v) is 2.02. The molecule has 1 aromatic carbocycles. The average Bonchev–Trinajstić information content (AvgIpc) is 2.37. The number of nitrogens with two attached hydrogens (primary N) is 1. The number of halogens is 2. The molecule has 3 N–H and O–H groups in total. The van der Waals surface area contributed by atoms with Gasteiger partial charge in [-0.1, -0.05) is 23.7 Å². The molecule has 0 spiro atoms. The summed E-state index contributed by atoms with van der Waals surface area (Å²) in [6.45, 7) is 1.70. The zero-order valence-electron chi connectivity index (χ0n) is 9.82. The molecule has 2 aromatic rings. The zero-order valence-corrected chi connectivity index (χ0v) is 10.6. The molecule has 1 aromatic heterocycles. The van der Waals surface area contributed by atoms with Gasteiger partial charge >= 0.3 is 0 Å².